The Labute approximate surface area is 136 Å². The zero-order chi connectivity index (χ0) is 16.2. The normalized spacial score (nSPS) is 15.9. The number of esters is 1. The number of benzene rings is 2. The van der Waals surface area contributed by atoms with Gasteiger partial charge in [0.05, 0.1) is 38.6 Å². The molecule has 0 amide bonds. The Kier molecular flexibility index (Phi) is 4.40. The van der Waals surface area contributed by atoms with Gasteiger partial charge in [0.25, 0.3) is 0 Å². The first kappa shape index (κ1) is 15.3. The van der Waals surface area contributed by atoms with E-state index in [2.05, 4.69) is 5.32 Å². The number of carbonyl (C=O) groups excluding carboxylic acids is 1. The van der Waals surface area contributed by atoms with Crippen LogP contribution in [0.25, 0.3) is 0 Å². The van der Waals surface area contributed by atoms with Crippen molar-refractivity contribution in [1.82, 2.24) is 0 Å². The van der Waals surface area contributed by atoms with Crippen LogP contribution < -0.4 is 5.32 Å². The highest BCUT2D eigenvalue weighted by molar-refractivity contribution is 7.85. The van der Waals surface area contributed by atoms with Gasteiger partial charge in [-0.3, -0.25) is 4.21 Å². The molecule has 0 fully saturated rings. The van der Waals surface area contributed by atoms with Gasteiger partial charge in [0.2, 0.25) is 0 Å². The number of carbonyl (C=O) groups is 1. The Morgan fingerprint density at radius 3 is 2.83 bits per heavy atom. The van der Waals surface area contributed by atoms with Crippen LogP contribution >= 0.6 is 0 Å². The van der Waals surface area contributed by atoms with E-state index in [9.17, 15) is 9.00 Å². The molecule has 5 nitrogen and oxygen atoms in total. The van der Waals surface area contributed by atoms with Crippen LogP contribution in [0.15, 0.2) is 47.4 Å². The summed E-state index contributed by atoms with van der Waals surface area (Å²) in [4.78, 5) is 12.9. The molecule has 0 aromatic heterocycles. The Morgan fingerprint density at radius 1 is 1.30 bits per heavy atom. The molecule has 1 atom stereocenters. The number of nitriles is 1. The summed E-state index contributed by atoms with van der Waals surface area (Å²) in [7, 11) is -1.22. The van der Waals surface area contributed by atoms with Crippen LogP contribution in [0.5, 0.6) is 0 Å². The SMILES string of the molecule is N#Cc1cc(C(=O)OCc2ccccc2)c2c(c1)S(=O)CCN2. The predicted molar refractivity (Wildman–Crippen MR) is 86.5 cm³/mol. The van der Waals surface area contributed by atoms with E-state index >= 15 is 0 Å². The van der Waals surface area contributed by atoms with Gasteiger partial charge in [0.15, 0.2) is 0 Å². The molecule has 116 valence electrons. The molecular weight excluding hydrogens is 312 g/mol. The highest BCUT2D eigenvalue weighted by Crippen LogP contribution is 2.30. The molecule has 2 aromatic carbocycles. The van der Waals surface area contributed by atoms with E-state index < -0.39 is 16.8 Å². The quantitative estimate of drug-likeness (QED) is 0.877. The third-order valence-corrected chi connectivity index (χ3v) is 4.89. The highest BCUT2D eigenvalue weighted by atomic mass is 32.2. The van der Waals surface area contributed by atoms with Crippen LogP contribution in [0.2, 0.25) is 0 Å². The zero-order valence-corrected chi connectivity index (χ0v) is 13.1. The van der Waals surface area contributed by atoms with E-state index in [4.69, 9.17) is 10.00 Å². The molecule has 1 aliphatic heterocycles. The maximum atomic E-state index is 12.4. The molecule has 2 aromatic rings. The van der Waals surface area contributed by atoms with E-state index in [1.807, 2.05) is 36.4 Å². The first-order valence-electron chi connectivity index (χ1n) is 7.10. The van der Waals surface area contributed by atoms with Crippen LogP contribution in [0.1, 0.15) is 21.5 Å². The molecule has 0 spiro atoms. The van der Waals surface area contributed by atoms with Crippen molar-refractivity contribution >= 4 is 22.5 Å². The van der Waals surface area contributed by atoms with Crippen LogP contribution in [-0.2, 0) is 22.1 Å². The van der Waals surface area contributed by atoms with Gasteiger partial charge in [-0.15, -0.1) is 0 Å². The predicted octanol–water partition coefficient (Wildman–Crippen LogP) is 2.45. The molecule has 3 rings (SSSR count). The van der Waals surface area contributed by atoms with Crippen molar-refractivity contribution in [2.45, 2.75) is 11.5 Å². The van der Waals surface area contributed by atoms with Crippen molar-refractivity contribution in [3.05, 3.63) is 59.2 Å². The first-order chi connectivity index (χ1) is 11.2. The van der Waals surface area contributed by atoms with Crippen molar-refractivity contribution in [2.24, 2.45) is 0 Å². The zero-order valence-electron chi connectivity index (χ0n) is 12.2. The van der Waals surface area contributed by atoms with Gasteiger partial charge in [-0.1, -0.05) is 30.3 Å². The summed E-state index contributed by atoms with van der Waals surface area (Å²) in [6, 6.07) is 14.4. The minimum atomic E-state index is -1.22. The lowest BCUT2D eigenvalue weighted by molar-refractivity contribution is 0.0473. The molecule has 23 heavy (non-hydrogen) atoms. The number of hydrogen-bond acceptors (Lipinski definition) is 5. The second-order valence-corrected chi connectivity index (χ2v) is 6.59. The van der Waals surface area contributed by atoms with E-state index in [1.54, 1.807) is 6.07 Å². The van der Waals surface area contributed by atoms with Crippen molar-refractivity contribution in [1.29, 1.82) is 5.26 Å². The first-order valence-corrected chi connectivity index (χ1v) is 8.42. The monoisotopic (exact) mass is 326 g/mol. The summed E-state index contributed by atoms with van der Waals surface area (Å²) in [5.41, 5.74) is 1.94. The lowest BCUT2D eigenvalue weighted by atomic mass is 10.1. The third kappa shape index (κ3) is 3.25. The summed E-state index contributed by atoms with van der Waals surface area (Å²) in [6.07, 6.45) is 0. The van der Waals surface area contributed by atoms with Gasteiger partial charge in [-0.25, -0.2) is 4.79 Å². The Morgan fingerprint density at radius 2 is 2.09 bits per heavy atom. The van der Waals surface area contributed by atoms with Gasteiger partial charge >= 0.3 is 5.97 Å². The maximum Gasteiger partial charge on any atom is 0.340 e. The minimum Gasteiger partial charge on any atom is -0.457 e. The average molecular weight is 326 g/mol. The molecule has 0 aliphatic carbocycles. The molecular formula is C17H14N2O3S. The Balaban J connectivity index is 1.89. The minimum absolute atomic E-state index is 0.147. The molecule has 0 bridgehead atoms. The van der Waals surface area contributed by atoms with Crippen molar-refractivity contribution in [3.8, 4) is 6.07 Å². The van der Waals surface area contributed by atoms with Crippen molar-refractivity contribution < 1.29 is 13.7 Å². The fourth-order valence-corrected chi connectivity index (χ4v) is 3.56. The van der Waals surface area contributed by atoms with Crippen LogP contribution in [-0.4, -0.2) is 22.5 Å². The van der Waals surface area contributed by atoms with Gasteiger partial charge in [0, 0.05) is 12.3 Å². The van der Waals surface area contributed by atoms with E-state index in [-0.39, 0.29) is 12.2 Å². The molecule has 0 saturated carbocycles. The van der Waals surface area contributed by atoms with Crippen LogP contribution in [0.3, 0.4) is 0 Å². The summed E-state index contributed by atoms with van der Waals surface area (Å²) >= 11 is 0. The second-order valence-electron chi connectivity index (χ2n) is 5.05. The van der Waals surface area contributed by atoms with Gasteiger partial charge < -0.3 is 10.1 Å². The molecule has 0 radical (unpaired) electrons. The topological polar surface area (TPSA) is 79.2 Å². The molecule has 1 heterocycles. The molecule has 0 saturated heterocycles. The standard InChI is InChI=1S/C17H14N2O3S/c18-10-13-8-14(16-15(9-13)23(21)7-6-19-16)17(20)22-11-12-4-2-1-3-5-12/h1-5,8-9,19H,6-7,11H2. The molecule has 6 heteroatoms. The average Bonchev–Trinajstić information content (AvgIpc) is 2.60. The lowest BCUT2D eigenvalue weighted by Crippen LogP contribution is -2.22. The largest absolute Gasteiger partial charge is 0.457 e. The fourth-order valence-electron chi connectivity index (χ4n) is 2.38. The fraction of sp³-hybridized carbons (Fsp3) is 0.176. The number of ether oxygens (including phenoxy) is 1. The van der Waals surface area contributed by atoms with Gasteiger partial charge in [-0.2, -0.15) is 5.26 Å². The smallest absolute Gasteiger partial charge is 0.340 e. The molecule has 1 unspecified atom stereocenters. The summed E-state index contributed by atoms with van der Waals surface area (Å²) in [6.45, 7) is 0.665. The number of rotatable bonds is 3. The maximum absolute atomic E-state index is 12.4. The van der Waals surface area contributed by atoms with E-state index in [0.717, 1.165) is 5.56 Å². The number of hydrogen-bond donors (Lipinski definition) is 1. The summed E-state index contributed by atoms with van der Waals surface area (Å²) in [5.74, 6) is -0.0750. The summed E-state index contributed by atoms with van der Waals surface area (Å²) in [5, 5.41) is 12.2. The van der Waals surface area contributed by atoms with Crippen LogP contribution in [0.4, 0.5) is 5.69 Å². The van der Waals surface area contributed by atoms with E-state index in [1.165, 1.54) is 6.07 Å². The number of anilines is 1. The third-order valence-electron chi connectivity index (χ3n) is 3.50. The Bertz CT molecular complexity index is 813. The van der Waals surface area contributed by atoms with Crippen molar-refractivity contribution in [2.75, 3.05) is 17.6 Å². The van der Waals surface area contributed by atoms with Gasteiger partial charge in [0.1, 0.15) is 6.61 Å². The summed E-state index contributed by atoms with van der Waals surface area (Å²) < 4.78 is 17.4. The number of fused-ring (bicyclic) bond motifs is 1. The molecule has 1 N–H and O–H groups in total. The van der Waals surface area contributed by atoms with Crippen molar-refractivity contribution in [3.63, 3.8) is 0 Å². The highest BCUT2D eigenvalue weighted by Gasteiger charge is 2.24. The second kappa shape index (κ2) is 6.63. The molecule has 1 aliphatic rings. The van der Waals surface area contributed by atoms with E-state index in [0.29, 0.717) is 28.4 Å². The number of nitrogens with zero attached hydrogens (tertiary/aromatic N) is 1. The van der Waals surface area contributed by atoms with Gasteiger partial charge in [-0.05, 0) is 17.7 Å². The van der Waals surface area contributed by atoms with Crippen LogP contribution in [0, 0.1) is 11.3 Å². The lowest BCUT2D eigenvalue weighted by Gasteiger charge is -2.20. The number of nitrogens with one attached hydrogen (secondary N) is 1. The Hall–Kier alpha value is -2.65.